The Bertz CT molecular complexity index is 986. The molecule has 4 rings (SSSR count). The number of carbonyl (C=O) groups is 2. The molecule has 0 amide bonds. The van der Waals surface area contributed by atoms with E-state index in [4.69, 9.17) is 9.47 Å². The molecule has 5 atom stereocenters. The smallest absolute Gasteiger partial charge is 0.201 e. The number of carbonyl (C=O) groups excluding carboxylic acids is 2. The van der Waals surface area contributed by atoms with Crippen LogP contribution < -0.4 is 4.74 Å². The van der Waals surface area contributed by atoms with E-state index in [0.29, 0.717) is 0 Å². The molecule has 3 unspecified atom stereocenters. The van der Waals surface area contributed by atoms with E-state index in [1.165, 1.54) is 36.4 Å². The number of ketones is 2. The highest BCUT2D eigenvalue weighted by atomic mass is 16.6. The summed E-state index contributed by atoms with van der Waals surface area (Å²) in [6.45, 7) is -0.381. The summed E-state index contributed by atoms with van der Waals surface area (Å²) in [5.41, 5.74) is 0.0269. The monoisotopic (exact) mass is 402 g/mol. The lowest BCUT2D eigenvalue weighted by atomic mass is 9.83. The molecule has 0 saturated carbocycles. The fourth-order valence-electron chi connectivity index (χ4n) is 3.55. The SMILES string of the molecule is O=C1c2cccc(O)c2C(=O)c2c(OCC3O[C@@H](O)C(O)C(O)[C@@H]3O)cccc21. The van der Waals surface area contributed by atoms with Crippen molar-refractivity contribution in [1.82, 2.24) is 0 Å². The Labute approximate surface area is 164 Å². The molecule has 1 saturated heterocycles. The van der Waals surface area contributed by atoms with Crippen molar-refractivity contribution in [1.29, 1.82) is 0 Å². The van der Waals surface area contributed by atoms with E-state index >= 15 is 0 Å². The highest BCUT2D eigenvalue weighted by Crippen LogP contribution is 2.37. The minimum Gasteiger partial charge on any atom is -0.507 e. The Kier molecular flexibility index (Phi) is 4.85. The Morgan fingerprint density at radius 1 is 0.828 bits per heavy atom. The van der Waals surface area contributed by atoms with Gasteiger partial charge in [-0.05, 0) is 12.1 Å². The number of fused-ring (bicyclic) bond motifs is 2. The molecule has 0 radical (unpaired) electrons. The van der Waals surface area contributed by atoms with Crippen LogP contribution >= 0.6 is 0 Å². The summed E-state index contributed by atoms with van der Waals surface area (Å²) in [6.07, 6.45) is -7.79. The third kappa shape index (κ3) is 3.09. The van der Waals surface area contributed by atoms with E-state index in [-0.39, 0.29) is 40.4 Å². The summed E-state index contributed by atoms with van der Waals surface area (Å²) in [5, 5.41) is 49.0. The molecule has 29 heavy (non-hydrogen) atoms. The van der Waals surface area contributed by atoms with Crippen molar-refractivity contribution in [2.45, 2.75) is 30.7 Å². The third-order valence-corrected chi connectivity index (χ3v) is 5.10. The molecular weight excluding hydrogens is 384 g/mol. The molecule has 1 fully saturated rings. The maximum Gasteiger partial charge on any atom is 0.201 e. The predicted molar refractivity (Wildman–Crippen MR) is 95.8 cm³/mol. The van der Waals surface area contributed by atoms with Gasteiger partial charge in [0.1, 0.15) is 42.5 Å². The van der Waals surface area contributed by atoms with Gasteiger partial charge in [0.2, 0.25) is 5.78 Å². The molecule has 2 aromatic rings. The molecule has 5 N–H and O–H groups in total. The summed E-state index contributed by atoms with van der Waals surface area (Å²) >= 11 is 0. The lowest BCUT2D eigenvalue weighted by molar-refractivity contribution is -0.285. The number of aliphatic hydroxyl groups excluding tert-OH is 4. The van der Waals surface area contributed by atoms with E-state index in [1.807, 2.05) is 0 Å². The van der Waals surface area contributed by atoms with Crippen LogP contribution in [0.15, 0.2) is 36.4 Å². The number of ether oxygens (including phenoxy) is 2. The Balaban J connectivity index is 1.64. The molecule has 9 nitrogen and oxygen atoms in total. The second-order valence-electron chi connectivity index (χ2n) is 6.88. The van der Waals surface area contributed by atoms with E-state index in [0.717, 1.165) is 0 Å². The lowest BCUT2D eigenvalue weighted by Crippen LogP contribution is -2.58. The second-order valence-corrected chi connectivity index (χ2v) is 6.88. The van der Waals surface area contributed by atoms with Gasteiger partial charge in [0.05, 0.1) is 11.1 Å². The van der Waals surface area contributed by atoms with E-state index in [1.54, 1.807) is 0 Å². The third-order valence-electron chi connectivity index (χ3n) is 5.10. The fourth-order valence-corrected chi connectivity index (χ4v) is 3.55. The summed E-state index contributed by atoms with van der Waals surface area (Å²) in [6, 6.07) is 8.64. The van der Waals surface area contributed by atoms with Crippen LogP contribution in [0.5, 0.6) is 11.5 Å². The number of phenols is 1. The zero-order valence-corrected chi connectivity index (χ0v) is 14.9. The zero-order valence-electron chi connectivity index (χ0n) is 14.9. The minimum atomic E-state index is -1.72. The summed E-state index contributed by atoms with van der Waals surface area (Å²) in [5.74, 6) is -1.35. The average Bonchev–Trinajstić information content (AvgIpc) is 2.71. The number of benzene rings is 2. The molecule has 152 valence electrons. The van der Waals surface area contributed by atoms with Crippen molar-refractivity contribution in [2.75, 3.05) is 6.61 Å². The molecule has 0 spiro atoms. The standard InChI is InChI=1S/C20H18O9/c21-10-5-1-3-8-13(10)17(24)14-9(15(8)22)4-2-6-11(14)28-7-12-16(23)18(25)19(26)20(27)29-12/h1-6,12,16,18-21,23,25-27H,7H2/t12?,16-,18?,19?,20-/m1/s1. The first kappa shape index (κ1) is 19.5. The van der Waals surface area contributed by atoms with E-state index in [9.17, 15) is 35.1 Å². The Hall–Kier alpha value is -2.82. The van der Waals surface area contributed by atoms with Crippen LogP contribution in [0.2, 0.25) is 0 Å². The molecule has 1 heterocycles. The number of aromatic hydroxyl groups is 1. The van der Waals surface area contributed by atoms with Gasteiger partial charge in [-0.25, -0.2) is 0 Å². The number of hydrogen-bond acceptors (Lipinski definition) is 9. The summed E-state index contributed by atoms with van der Waals surface area (Å²) < 4.78 is 10.6. The van der Waals surface area contributed by atoms with Crippen molar-refractivity contribution >= 4 is 11.6 Å². The fraction of sp³-hybridized carbons (Fsp3) is 0.300. The van der Waals surface area contributed by atoms with Gasteiger partial charge in [0.25, 0.3) is 0 Å². The zero-order chi connectivity index (χ0) is 20.9. The summed E-state index contributed by atoms with van der Waals surface area (Å²) in [7, 11) is 0. The van der Waals surface area contributed by atoms with Gasteiger partial charge >= 0.3 is 0 Å². The van der Waals surface area contributed by atoms with Gasteiger partial charge in [-0.3, -0.25) is 9.59 Å². The van der Waals surface area contributed by atoms with Crippen LogP contribution in [0, 0.1) is 0 Å². The number of rotatable bonds is 3. The number of aliphatic hydroxyl groups is 4. The second kappa shape index (κ2) is 7.21. The average molecular weight is 402 g/mol. The predicted octanol–water partition coefficient (Wildman–Crippen LogP) is -0.654. The molecule has 0 bridgehead atoms. The lowest BCUT2D eigenvalue weighted by Gasteiger charge is -2.38. The van der Waals surface area contributed by atoms with Gasteiger partial charge < -0.3 is 35.0 Å². The van der Waals surface area contributed by atoms with Crippen molar-refractivity contribution in [3.63, 3.8) is 0 Å². The maximum absolute atomic E-state index is 13.0. The molecule has 1 aliphatic carbocycles. The minimum absolute atomic E-state index is 0.0145. The van der Waals surface area contributed by atoms with Crippen LogP contribution in [-0.2, 0) is 4.74 Å². The van der Waals surface area contributed by atoms with Crippen molar-refractivity contribution in [2.24, 2.45) is 0 Å². The van der Waals surface area contributed by atoms with Crippen LogP contribution in [-0.4, -0.2) is 74.4 Å². The molecule has 1 aliphatic heterocycles. The van der Waals surface area contributed by atoms with Crippen LogP contribution in [0.1, 0.15) is 31.8 Å². The van der Waals surface area contributed by atoms with Gasteiger partial charge in [-0.1, -0.05) is 24.3 Å². The summed E-state index contributed by atoms with van der Waals surface area (Å²) in [4.78, 5) is 25.7. The first-order valence-corrected chi connectivity index (χ1v) is 8.86. The van der Waals surface area contributed by atoms with E-state index in [2.05, 4.69) is 0 Å². The van der Waals surface area contributed by atoms with Gasteiger partial charge in [0.15, 0.2) is 12.1 Å². The first-order chi connectivity index (χ1) is 13.8. The largest absolute Gasteiger partial charge is 0.507 e. The molecular formula is C20H18O9. The highest BCUT2D eigenvalue weighted by molar-refractivity contribution is 6.30. The van der Waals surface area contributed by atoms with Crippen molar-refractivity contribution in [3.05, 3.63) is 58.7 Å². The van der Waals surface area contributed by atoms with Crippen LogP contribution in [0.4, 0.5) is 0 Å². The quantitative estimate of drug-likeness (QED) is 0.384. The van der Waals surface area contributed by atoms with Gasteiger partial charge in [-0.2, -0.15) is 0 Å². The normalized spacial score (nSPS) is 28.6. The number of phenolic OH excluding ortho intramolecular Hbond substituents is 1. The Morgan fingerprint density at radius 3 is 2.21 bits per heavy atom. The maximum atomic E-state index is 13.0. The highest BCUT2D eigenvalue weighted by Gasteiger charge is 2.43. The molecule has 2 aliphatic rings. The molecule has 9 heteroatoms. The van der Waals surface area contributed by atoms with E-state index < -0.39 is 42.3 Å². The van der Waals surface area contributed by atoms with Crippen LogP contribution in [0.25, 0.3) is 0 Å². The van der Waals surface area contributed by atoms with Gasteiger partial charge in [-0.15, -0.1) is 0 Å². The first-order valence-electron chi connectivity index (χ1n) is 8.86. The molecule has 0 aromatic heterocycles. The Morgan fingerprint density at radius 2 is 1.48 bits per heavy atom. The van der Waals surface area contributed by atoms with Crippen LogP contribution in [0.3, 0.4) is 0 Å². The molecule has 2 aromatic carbocycles. The number of hydrogen-bond donors (Lipinski definition) is 5. The van der Waals surface area contributed by atoms with Crippen molar-refractivity contribution < 1.29 is 44.6 Å². The van der Waals surface area contributed by atoms with Gasteiger partial charge in [0, 0.05) is 11.1 Å². The van der Waals surface area contributed by atoms with Crippen molar-refractivity contribution in [3.8, 4) is 11.5 Å². The topological polar surface area (TPSA) is 154 Å².